The Balaban J connectivity index is 1.63. The summed E-state index contributed by atoms with van der Waals surface area (Å²) in [6, 6.07) is 8.59. The number of ether oxygens (including phenoxy) is 2. The summed E-state index contributed by atoms with van der Waals surface area (Å²) in [5.41, 5.74) is 0.415. The number of hydrogen-bond acceptors (Lipinski definition) is 6. The summed E-state index contributed by atoms with van der Waals surface area (Å²) in [4.78, 5) is 23.4. The minimum atomic E-state index is -0.463. The number of carbonyl (C=O) groups is 1. The SMILES string of the molecule is C=C1C[C@@H](OC(C)=O)[C@@H]2C(C)(C)[C@@H](O)CC[C@]2(C)[C@@H]1COc1ccc2ccc(=O)oc2c1. The van der Waals surface area contributed by atoms with Gasteiger partial charge in [-0.3, -0.25) is 4.79 Å². The molecular weight excluding hydrogens is 408 g/mol. The van der Waals surface area contributed by atoms with Crippen molar-refractivity contribution in [1.82, 2.24) is 0 Å². The van der Waals surface area contributed by atoms with Crippen LogP contribution in [0, 0.1) is 22.7 Å². The quantitative estimate of drug-likeness (QED) is 0.429. The average Bonchev–Trinajstić information content (AvgIpc) is 2.69. The summed E-state index contributed by atoms with van der Waals surface area (Å²) >= 11 is 0. The van der Waals surface area contributed by atoms with Crippen LogP contribution >= 0.6 is 0 Å². The average molecular weight is 441 g/mol. The van der Waals surface area contributed by atoms with Gasteiger partial charge in [-0.15, -0.1) is 0 Å². The Hall–Kier alpha value is -2.60. The lowest BCUT2D eigenvalue weighted by Crippen LogP contribution is -2.61. The van der Waals surface area contributed by atoms with Crippen LogP contribution in [0.1, 0.15) is 47.0 Å². The summed E-state index contributed by atoms with van der Waals surface area (Å²) in [5, 5.41) is 11.6. The van der Waals surface area contributed by atoms with E-state index in [0.717, 1.165) is 17.4 Å². The zero-order valence-electron chi connectivity index (χ0n) is 19.2. The molecule has 1 heterocycles. The van der Waals surface area contributed by atoms with Crippen molar-refractivity contribution in [2.45, 2.75) is 59.2 Å². The Kier molecular flexibility index (Phi) is 5.70. The standard InChI is InChI=1S/C26H32O6/c1-15-12-21(31-16(2)27)24-25(3,4)22(28)10-11-26(24,5)19(15)14-30-18-8-6-17-7-9-23(29)32-20(17)13-18/h6-9,13,19,21-22,24,28H,1,10-12,14H2,2-5H3/t19-,21-,22+,24-,26-/m1/s1. The number of hydrogen-bond donors (Lipinski definition) is 1. The van der Waals surface area contributed by atoms with Crippen molar-refractivity contribution in [3.8, 4) is 5.75 Å². The summed E-state index contributed by atoms with van der Waals surface area (Å²) in [6.45, 7) is 12.5. The molecule has 1 aromatic heterocycles. The van der Waals surface area contributed by atoms with Crippen LogP contribution in [-0.2, 0) is 9.53 Å². The molecule has 2 fully saturated rings. The van der Waals surface area contributed by atoms with E-state index in [1.807, 2.05) is 12.1 Å². The van der Waals surface area contributed by atoms with Gasteiger partial charge in [0.25, 0.3) is 0 Å². The summed E-state index contributed by atoms with van der Waals surface area (Å²) in [7, 11) is 0. The Morgan fingerprint density at radius 2 is 1.97 bits per heavy atom. The molecule has 0 aliphatic heterocycles. The fourth-order valence-electron chi connectivity index (χ4n) is 6.25. The van der Waals surface area contributed by atoms with E-state index in [9.17, 15) is 14.7 Å². The predicted octanol–water partition coefficient (Wildman–Crippen LogP) is 4.48. The second-order valence-corrected chi connectivity index (χ2v) is 10.2. The molecule has 6 heteroatoms. The molecule has 5 atom stereocenters. The topological polar surface area (TPSA) is 86.0 Å². The molecule has 1 N–H and O–H groups in total. The molecule has 2 aromatic rings. The van der Waals surface area contributed by atoms with Gasteiger partial charge >= 0.3 is 11.6 Å². The van der Waals surface area contributed by atoms with Gasteiger partial charge in [-0.2, -0.15) is 0 Å². The van der Waals surface area contributed by atoms with Gasteiger partial charge < -0.3 is 19.0 Å². The van der Waals surface area contributed by atoms with Crippen LogP contribution in [0.4, 0.5) is 0 Å². The lowest BCUT2D eigenvalue weighted by molar-refractivity contribution is -0.191. The third-order valence-electron chi connectivity index (χ3n) is 7.78. The van der Waals surface area contributed by atoms with Crippen LogP contribution in [0.5, 0.6) is 5.75 Å². The van der Waals surface area contributed by atoms with Crippen molar-refractivity contribution >= 4 is 16.9 Å². The highest BCUT2D eigenvalue weighted by molar-refractivity contribution is 5.77. The highest BCUT2D eigenvalue weighted by atomic mass is 16.5. The Bertz CT molecular complexity index is 1100. The Morgan fingerprint density at radius 3 is 2.69 bits per heavy atom. The Morgan fingerprint density at radius 1 is 1.25 bits per heavy atom. The molecule has 0 spiro atoms. The third kappa shape index (κ3) is 3.85. The molecule has 0 unspecified atom stereocenters. The fourth-order valence-corrected chi connectivity index (χ4v) is 6.25. The number of carbonyl (C=O) groups excluding carboxylic acids is 1. The van der Waals surface area contributed by atoms with E-state index >= 15 is 0 Å². The number of benzene rings is 1. The zero-order valence-corrected chi connectivity index (χ0v) is 19.2. The minimum Gasteiger partial charge on any atom is -0.493 e. The number of aliphatic hydroxyl groups excluding tert-OH is 1. The van der Waals surface area contributed by atoms with Gasteiger partial charge in [0, 0.05) is 42.7 Å². The first kappa shape index (κ1) is 22.6. The van der Waals surface area contributed by atoms with E-state index in [2.05, 4.69) is 27.4 Å². The first-order valence-corrected chi connectivity index (χ1v) is 11.2. The van der Waals surface area contributed by atoms with E-state index in [4.69, 9.17) is 13.9 Å². The summed E-state index contributed by atoms with van der Waals surface area (Å²) in [6.07, 6.45) is 1.24. The molecule has 32 heavy (non-hydrogen) atoms. The van der Waals surface area contributed by atoms with Crippen LogP contribution < -0.4 is 10.4 Å². The van der Waals surface area contributed by atoms with Crippen LogP contribution in [0.3, 0.4) is 0 Å². The summed E-state index contributed by atoms with van der Waals surface area (Å²) in [5.74, 6) is 0.311. The lowest BCUT2D eigenvalue weighted by atomic mass is 9.46. The van der Waals surface area contributed by atoms with Crippen molar-refractivity contribution in [2.75, 3.05) is 6.61 Å². The molecule has 0 bridgehead atoms. The van der Waals surface area contributed by atoms with Gasteiger partial charge in [0.05, 0.1) is 12.7 Å². The Labute approximate surface area is 188 Å². The lowest BCUT2D eigenvalue weighted by Gasteiger charge is -2.61. The molecule has 0 amide bonds. The van der Waals surface area contributed by atoms with Crippen LogP contribution in [0.2, 0.25) is 0 Å². The highest BCUT2D eigenvalue weighted by Gasteiger charge is 2.60. The molecule has 0 radical (unpaired) electrons. The molecule has 172 valence electrons. The fraction of sp³-hybridized carbons (Fsp3) is 0.538. The van der Waals surface area contributed by atoms with Gasteiger partial charge in [-0.1, -0.05) is 32.9 Å². The number of esters is 1. The van der Waals surface area contributed by atoms with Gasteiger partial charge in [-0.25, -0.2) is 4.79 Å². The normalized spacial score (nSPS) is 31.7. The second-order valence-electron chi connectivity index (χ2n) is 10.2. The van der Waals surface area contributed by atoms with Gasteiger partial charge in [0.15, 0.2) is 0 Å². The van der Waals surface area contributed by atoms with Crippen molar-refractivity contribution in [2.24, 2.45) is 22.7 Å². The van der Waals surface area contributed by atoms with Crippen LogP contribution in [-0.4, -0.2) is 29.9 Å². The molecule has 2 aliphatic rings. The number of rotatable bonds is 4. The summed E-state index contributed by atoms with van der Waals surface area (Å²) < 4.78 is 17.2. The van der Waals surface area contributed by atoms with Gasteiger partial charge in [0.2, 0.25) is 0 Å². The van der Waals surface area contributed by atoms with E-state index in [1.54, 1.807) is 12.1 Å². The van der Waals surface area contributed by atoms with Gasteiger partial charge in [0.1, 0.15) is 17.4 Å². The molecule has 0 saturated heterocycles. The first-order valence-electron chi connectivity index (χ1n) is 11.2. The third-order valence-corrected chi connectivity index (χ3v) is 7.78. The van der Waals surface area contributed by atoms with Crippen LogP contribution in [0.15, 0.2) is 51.7 Å². The molecule has 1 aromatic carbocycles. The molecule has 2 aliphatic carbocycles. The second kappa shape index (κ2) is 8.07. The van der Waals surface area contributed by atoms with Crippen molar-refractivity contribution < 1.29 is 23.8 Å². The molecular formula is C26H32O6. The predicted molar refractivity (Wildman–Crippen MR) is 121 cm³/mol. The maximum atomic E-state index is 11.8. The highest BCUT2D eigenvalue weighted by Crippen LogP contribution is 2.61. The smallest absolute Gasteiger partial charge is 0.336 e. The van der Waals surface area contributed by atoms with Crippen molar-refractivity contribution in [3.63, 3.8) is 0 Å². The van der Waals surface area contributed by atoms with Crippen molar-refractivity contribution in [3.05, 3.63) is 52.9 Å². The minimum absolute atomic E-state index is 0.0311. The number of fused-ring (bicyclic) bond motifs is 2. The zero-order chi connectivity index (χ0) is 23.3. The maximum absolute atomic E-state index is 11.8. The molecule has 4 rings (SSSR count). The van der Waals surface area contributed by atoms with Gasteiger partial charge in [-0.05, 0) is 41.9 Å². The van der Waals surface area contributed by atoms with E-state index in [0.29, 0.717) is 30.8 Å². The van der Waals surface area contributed by atoms with E-state index in [-0.39, 0.29) is 29.3 Å². The molecule has 2 saturated carbocycles. The molecule has 6 nitrogen and oxygen atoms in total. The van der Waals surface area contributed by atoms with E-state index in [1.165, 1.54) is 13.0 Å². The number of aliphatic hydroxyl groups is 1. The monoisotopic (exact) mass is 440 g/mol. The largest absolute Gasteiger partial charge is 0.493 e. The van der Waals surface area contributed by atoms with Crippen LogP contribution in [0.25, 0.3) is 11.0 Å². The maximum Gasteiger partial charge on any atom is 0.336 e. The first-order chi connectivity index (χ1) is 15.0. The van der Waals surface area contributed by atoms with Crippen molar-refractivity contribution in [1.29, 1.82) is 0 Å². The van der Waals surface area contributed by atoms with E-state index < -0.39 is 17.1 Å².